The zero-order chi connectivity index (χ0) is 20.3. The predicted molar refractivity (Wildman–Crippen MR) is 106 cm³/mol. The Bertz CT molecular complexity index is 1000. The molecule has 0 radical (unpaired) electrons. The van der Waals surface area contributed by atoms with Crippen molar-refractivity contribution in [2.75, 3.05) is 17.2 Å². The van der Waals surface area contributed by atoms with E-state index in [-0.39, 0.29) is 29.7 Å². The molecule has 8 heteroatoms. The van der Waals surface area contributed by atoms with Gasteiger partial charge in [0, 0.05) is 12.1 Å². The van der Waals surface area contributed by atoms with Gasteiger partial charge in [-0.1, -0.05) is 19.1 Å². The van der Waals surface area contributed by atoms with E-state index in [0.717, 1.165) is 12.0 Å². The molecule has 3 rings (SSSR count). The Morgan fingerprint density at radius 1 is 1.21 bits per heavy atom. The third kappa shape index (κ3) is 4.33. The van der Waals surface area contributed by atoms with Crippen molar-refractivity contribution in [2.45, 2.75) is 36.8 Å². The van der Waals surface area contributed by atoms with Gasteiger partial charge >= 0.3 is 0 Å². The van der Waals surface area contributed by atoms with Gasteiger partial charge in [-0.15, -0.1) is 0 Å². The smallest absolute Gasteiger partial charge is 0.262 e. The van der Waals surface area contributed by atoms with Crippen LogP contribution in [-0.4, -0.2) is 32.1 Å². The van der Waals surface area contributed by atoms with E-state index in [9.17, 15) is 18.0 Å². The second-order valence-corrected chi connectivity index (χ2v) is 9.02. The SMILES string of the molecule is CCc1ccc(NC(=O)CC(C)S(=O)(=O)c2ccc3c(c2)NC(=O)CO3)cc1. The quantitative estimate of drug-likeness (QED) is 0.774. The van der Waals surface area contributed by atoms with Gasteiger partial charge < -0.3 is 15.4 Å². The van der Waals surface area contributed by atoms with Crippen molar-refractivity contribution >= 4 is 33.0 Å². The number of fused-ring (bicyclic) bond motifs is 1. The van der Waals surface area contributed by atoms with E-state index < -0.39 is 15.1 Å². The summed E-state index contributed by atoms with van der Waals surface area (Å²) in [5.41, 5.74) is 2.09. The fourth-order valence-electron chi connectivity index (χ4n) is 2.88. The summed E-state index contributed by atoms with van der Waals surface area (Å²) in [4.78, 5) is 23.8. The first kappa shape index (κ1) is 19.9. The lowest BCUT2D eigenvalue weighted by Crippen LogP contribution is -2.27. The third-order valence-electron chi connectivity index (χ3n) is 4.56. The minimum atomic E-state index is -3.76. The number of ether oxygens (including phenoxy) is 1. The fourth-order valence-corrected chi connectivity index (χ4v) is 4.25. The summed E-state index contributed by atoms with van der Waals surface area (Å²) in [6.45, 7) is 3.43. The molecule has 1 atom stereocenters. The standard InChI is InChI=1S/C20H22N2O5S/c1-3-14-4-6-15(7-5-14)21-19(23)10-13(2)28(25,26)16-8-9-18-17(11-16)22-20(24)12-27-18/h4-9,11,13H,3,10,12H2,1-2H3,(H,21,23)(H,22,24). The van der Waals surface area contributed by atoms with Crippen molar-refractivity contribution in [3.63, 3.8) is 0 Å². The molecule has 0 saturated carbocycles. The maximum Gasteiger partial charge on any atom is 0.262 e. The molecular formula is C20H22N2O5S. The number of carbonyl (C=O) groups is 2. The number of amides is 2. The molecule has 0 bridgehead atoms. The number of aryl methyl sites for hydroxylation is 1. The summed E-state index contributed by atoms with van der Waals surface area (Å²) in [5, 5.41) is 4.38. The van der Waals surface area contributed by atoms with Crippen molar-refractivity contribution in [3.05, 3.63) is 48.0 Å². The van der Waals surface area contributed by atoms with Crippen LogP contribution in [0.2, 0.25) is 0 Å². The van der Waals surface area contributed by atoms with E-state index in [2.05, 4.69) is 10.6 Å². The average Bonchev–Trinajstić information content (AvgIpc) is 2.67. The highest BCUT2D eigenvalue weighted by atomic mass is 32.2. The number of hydrogen-bond donors (Lipinski definition) is 2. The van der Waals surface area contributed by atoms with Gasteiger partial charge in [-0.25, -0.2) is 8.42 Å². The number of nitrogens with one attached hydrogen (secondary N) is 2. The number of sulfone groups is 1. The number of anilines is 2. The molecule has 0 aliphatic carbocycles. The van der Waals surface area contributed by atoms with Crippen molar-refractivity contribution in [1.82, 2.24) is 0 Å². The Kier molecular flexibility index (Phi) is 5.69. The number of carbonyl (C=O) groups excluding carboxylic acids is 2. The first-order valence-corrected chi connectivity index (χ1v) is 10.5. The number of hydrogen-bond acceptors (Lipinski definition) is 5. The van der Waals surface area contributed by atoms with Crippen LogP contribution in [0.25, 0.3) is 0 Å². The van der Waals surface area contributed by atoms with Gasteiger partial charge in [-0.2, -0.15) is 0 Å². The summed E-state index contributed by atoms with van der Waals surface area (Å²) in [7, 11) is -3.76. The Labute approximate surface area is 164 Å². The van der Waals surface area contributed by atoms with Crippen LogP contribution < -0.4 is 15.4 Å². The van der Waals surface area contributed by atoms with Crippen LogP contribution in [-0.2, 0) is 25.8 Å². The van der Waals surface area contributed by atoms with Crippen molar-refractivity contribution in [3.8, 4) is 5.75 Å². The van der Waals surface area contributed by atoms with E-state index in [4.69, 9.17) is 4.74 Å². The second-order valence-electron chi connectivity index (χ2n) is 6.65. The first-order valence-electron chi connectivity index (χ1n) is 8.99. The Hall–Kier alpha value is -2.87. The van der Waals surface area contributed by atoms with Crippen LogP contribution in [0.15, 0.2) is 47.4 Å². The molecule has 28 heavy (non-hydrogen) atoms. The molecule has 1 unspecified atom stereocenters. The zero-order valence-corrected chi connectivity index (χ0v) is 16.5. The molecule has 2 aromatic rings. The van der Waals surface area contributed by atoms with Gasteiger partial charge in [0.15, 0.2) is 16.4 Å². The molecule has 0 saturated heterocycles. The number of benzene rings is 2. The highest BCUT2D eigenvalue weighted by Crippen LogP contribution is 2.31. The summed E-state index contributed by atoms with van der Waals surface area (Å²) in [5.74, 6) is -0.307. The normalized spacial score (nSPS) is 14.4. The molecule has 0 aromatic heterocycles. The summed E-state index contributed by atoms with van der Waals surface area (Å²) >= 11 is 0. The molecule has 1 heterocycles. The van der Waals surface area contributed by atoms with Crippen molar-refractivity contribution in [2.24, 2.45) is 0 Å². The molecule has 2 N–H and O–H groups in total. The molecule has 2 amide bonds. The van der Waals surface area contributed by atoms with Gasteiger partial charge in [-0.05, 0) is 49.2 Å². The summed E-state index contributed by atoms with van der Waals surface area (Å²) in [6.07, 6.45) is 0.716. The maximum absolute atomic E-state index is 12.8. The third-order valence-corrected chi connectivity index (χ3v) is 6.70. The van der Waals surface area contributed by atoms with Crippen molar-refractivity contribution in [1.29, 1.82) is 0 Å². The van der Waals surface area contributed by atoms with Gasteiger partial charge in [0.25, 0.3) is 5.91 Å². The predicted octanol–water partition coefficient (Wildman–Crippen LogP) is 2.77. The number of rotatable bonds is 6. The van der Waals surface area contributed by atoms with Gasteiger partial charge in [0.2, 0.25) is 5.91 Å². The van der Waals surface area contributed by atoms with E-state index >= 15 is 0 Å². The van der Waals surface area contributed by atoms with E-state index in [1.807, 2.05) is 19.1 Å². The molecule has 7 nitrogen and oxygen atoms in total. The zero-order valence-electron chi connectivity index (χ0n) is 15.7. The fraction of sp³-hybridized carbons (Fsp3) is 0.300. The van der Waals surface area contributed by atoms with Crippen LogP contribution in [0.1, 0.15) is 25.8 Å². The molecule has 1 aliphatic heterocycles. The Morgan fingerprint density at radius 3 is 2.61 bits per heavy atom. The molecule has 2 aromatic carbocycles. The Balaban J connectivity index is 1.70. The lowest BCUT2D eigenvalue weighted by molar-refractivity contribution is -0.118. The second kappa shape index (κ2) is 8.02. The first-order chi connectivity index (χ1) is 13.3. The molecule has 1 aliphatic rings. The van der Waals surface area contributed by atoms with Gasteiger partial charge in [-0.3, -0.25) is 9.59 Å². The molecule has 0 fully saturated rings. The highest BCUT2D eigenvalue weighted by molar-refractivity contribution is 7.92. The highest BCUT2D eigenvalue weighted by Gasteiger charge is 2.27. The van der Waals surface area contributed by atoms with Crippen LogP contribution in [0.4, 0.5) is 11.4 Å². The Morgan fingerprint density at radius 2 is 1.93 bits per heavy atom. The van der Waals surface area contributed by atoms with Crippen LogP contribution >= 0.6 is 0 Å². The molecular weight excluding hydrogens is 380 g/mol. The van der Waals surface area contributed by atoms with E-state index in [1.54, 1.807) is 12.1 Å². The summed E-state index contributed by atoms with van der Waals surface area (Å²) < 4.78 is 30.9. The van der Waals surface area contributed by atoms with E-state index in [0.29, 0.717) is 17.1 Å². The van der Waals surface area contributed by atoms with Gasteiger partial charge in [0.1, 0.15) is 5.75 Å². The minimum absolute atomic E-state index is 0.0321. The van der Waals surface area contributed by atoms with Crippen LogP contribution in [0, 0.1) is 0 Å². The lowest BCUT2D eigenvalue weighted by Gasteiger charge is -2.19. The van der Waals surface area contributed by atoms with Crippen molar-refractivity contribution < 1.29 is 22.7 Å². The maximum atomic E-state index is 12.8. The van der Waals surface area contributed by atoms with E-state index in [1.165, 1.54) is 25.1 Å². The van der Waals surface area contributed by atoms with Crippen LogP contribution in [0.3, 0.4) is 0 Å². The van der Waals surface area contributed by atoms with Crippen LogP contribution in [0.5, 0.6) is 5.75 Å². The molecule has 148 valence electrons. The molecule has 0 spiro atoms. The monoisotopic (exact) mass is 402 g/mol. The minimum Gasteiger partial charge on any atom is -0.482 e. The summed E-state index contributed by atoms with van der Waals surface area (Å²) in [6, 6.07) is 11.7. The average molecular weight is 402 g/mol. The largest absolute Gasteiger partial charge is 0.482 e. The van der Waals surface area contributed by atoms with Gasteiger partial charge in [0.05, 0.1) is 15.8 Å². The lowest BCUT2D eigenvalue weighted by atomic mass is 10.1. The topological polar surface area (TPSA) is 102 Å².